The lowest BCUT2D eigenvalue weighted by Gasteiger charge is -2.42. The van der Waals surface area contributed by atoms with Crippen molar-refractivity contribution >= 4 is 39.8 Å². The van der Waals surface area contributed by atoms with Crippen molar-refractivity contribution in [1.82, 2.24) is 0 Å². The average molecular weight is 411 g/mol. The van der Waals surface area contributed by atoms with Gasteiger partial charge in [-0.15, -0.1) is 0 Å². The van der Waals surface area contributed by atoms with E-state index in [0.29, 0.717) is 0 Å². The number of alkyl halides is 1. The molecule has 0 N–H and O–H groups in total. The summed E-state index contributed by atoms with van der Waals surface area (Å²) in [6.07, 6.45) is -4.89. The normalized spacial score (nSPS) is 29.3. The molecule has 24 heavy (non-hydrogen) atoms. The van der Waals surface area contributed by atoms with E-state index in [1.54, 1.807) is 6.92 Å². The van der Waals surface area contributed by atoms with E-state index in [9.17, 15) is 19.2 Å². The van der Waals surface area contributed by atoms with Crippen molar-refractivity contribution < 1.29 is 42.9 Å². The van der Waals surface area contributed by atoms with Crippen LogP contribution in [0, 0.1) is 0 Å². The third kappa shape index (κ3) is 5.75. The maximum Gasteiger partial charge on any atom is 0.307 e. The van der Waals surface area contributed by atoms with Gasteiger partial charge in [0.25, 0.3) is 0 Å². The van der Waals surface area contributed by atoms with Crippen molar-refractivity contribution in [2.75, 3.05) is 0 Å². The van der Waals surface area contributed by atoms with Crippen LogP contribution in [0.1, 0.15) is 34.1 Å². The molecule has 1 heterocycles. The van der Waals surface area contributed by atoms with Crippen molar-refractivity contribution in [1.29, 1.82) is 0 Å². The van der Waals surface area contributed by atoms with Gasteiger partial charge in [0, 0.05) is 27.2 Å². The van der Waals surface area contributed by atoms with E-state index in [2.05, 4.69) is 15.9 Å². The van der Waals surface area contributed by atoms with E-state index in [4.69, 9.17) is 23.7 Å². The predicted octanol–water partition coefficient (Wildman–Crippen LogP) is 0.812. The van der Waals surface area contributed by atoms with Crippen LogP contribution < -0.4 is 0 Å². The molecule has 0 saturated carbocycles. The van der Waals surface area contributed by atoms with Crippen LogP contribution in [0.3, 0.4) is 0 Å². The van der Waals surface area contributed by atoms with Crippen LogP contribution in [0.4, 0.5) is 0 Å². The number of esters is 4. The Morgan fingerprint density at radius 2 is 1.29 bits per heavy atom. The van der Waals surface area contributed by atoms with Crippen LogP contribution in [0.25, 0.3) is 0 Å². The maximum absolute atomic E-state index is 11.6. The SMILES string of the molecule is CCC(=O)O[C@@H]1O[C@H](Br)[C@H](OC(C)=O)[C@@H](OC(C)=O)[C@H]1OC(C)=O. The maximum atomic E-state index is 11.6. The Hall–Kier alpha value is -1.68. The van der Waals surface area contributed by atoms with Crippen LogP contribution in [0.2, 0.25) is 0 Å². The summed E-state index contributed by atoms with van der Waals surface area (Å²) in [6, 6.07) is 0. The molecule has 0 unspecified atom stereocenters. The van der Waals surface area contributed by atoms with E-state index in [0.717, 1.165) is 20.8 Å². The third-order valence-corrected chi connectivity index (χ3v) is 3.62. The monoisotopic (exact) mass is 410 g/mol. The molecular weight excluding hydrogens is 392 g/mol. The zero-order chi connectivity index (χ0) is 18.4. The fourth-order valence-corrected chi connectivity index (χ4v) is 2.66. The van der Waals surface area contributed by atoms with Crippen LogP contribution >= 0.6 is 15.9 Å². The van der Waals surface area contributed by atoms with Gasteiger partial charge in [0.05, 0.1) is 0 Å². The number of hydrogen-bond acceptors (Lipinski definition) is 9. The van der Waals surface area contributed by atoms with Crippen LogP contribution in [0.5, 0.6) is 0 Å². The smallest absolute Gasteiger partial charge is 0.307 e. The summed E-state index contributed by atoms with van der Waals surface area (Å²) < 4.78 is 25.8. The summed E-state index contributed by atoms with van der Waals surface area (Å²) in [7, 11) is 0. The molecule has 0 radical (unpaired) electrons. The van der Waals surface area contributed by atoms with E-state index in [-0.39, 0.29) is 6.42 Å². The predicted molar refractivity (Wildman–Crippen MR) is 80.6 cm³/mol. The second-order valence-electron chi connectivity index (χ2n) is 4.92. The van der Waals surface area contributed by atoms with Gasteiger partial charge in [-0.2, -0.15) is 0 Å². The molecule has 0 bridgehead atoms. The zero-order valence-electron chi connectivity index (χ0n) is 13.6. The first-order valence-corrected chi connectivity index (χ1v) is 8.08. The van der Waals surface area contributed by atoms with Crippen LogP contribution in [-0.4, -0.2) is 53.5 Å². The highest BCUT2D eigenvalue weighted by Gasteiger charge is 2.52. The van der Waals surface area contributed by atoms with Gasteiger partial charge in [-0.1, -0.05) is 22.9 Å². The minimum Gasteiger partial charge on any atom is -0.455 e. The van der Waals surface area contributed by atoms with Crippen LogP contribution in [0.15, 0.2) is 0 Å². The van der Waals surface area contributed by atoms with Crippen molar-refractivity contribution in [2.45, 2.75) is 63.7 Å². The van der Waals surface area contributed by atoms with Gasteiger partial charge in [0.1, 0.15) is 0 Å². The summed E-state index contributed by atoms with van der Waals surface area (Å²) in [5.74, 6) is -2.68. The Balaban J connectivity index is 3.15. The first-order valence-electron chi connectivity index (χ1n) is 7.16. The standard InChI is InChI=1S/C14H19BrO9/c1-5-9(19)23-14-12(22-8(4)18)10(20-6(2)16)11(13(15)24-14)21-7(3)17/h10-14H,5H2,1-4H3/t10-,11-,12-,13+,14-/m1/s1. The minimum atomic E-state index is -1.33. The lowest BCUT2D eigenvalue weighted by Crippen LogP contribution is -2.60. The molecule has 5 atom stereocenters. The molecule has 0 amide bonds. The number of carbonyl (C=O) groups is 4. The summed E-state index contributed by atoms with van der Waals surface area (Å²) in [4.78, 5) is 45.6. The first-order chi connectivity index (χ1) is 11.1. The van der Waals surface area contributed by atoms with E-state index in [1.807, 2.05) is 0 Å². The molecular formula is C14H19BrO9. The topological polar surface area (TPSA) is 114 Å². The summed E-state index contributed by atoms with van der Waals surface area (Å²) in [5, 5.41) is -0.952. The highest BCUT2D eigenvalue weighted by atomic mass is 79.9. The summed E-state index contributed by atoms with van der Waals surface area (Å²) in [6.45, 7) is 5.00. The van der Waals surface area contributed by atoms with Crippen molar-refractivity contribution in [3.05, 3.63) is 0 Å². The molecule has 1 rings (SSSR count). The number of rotatable bonds is 5. The molecule has 0 aromatic rings. The van der Waals surface area contributed by atoms with Gasteiger partial charge in [0.15, 0.2) is 17.2 Å². The van der Waals surface area contributed by atoms with E-state index in [1.165, 1.54) is 0 Å². The van der Waals surface area contributed by atoms with Gasteiger partial charge in [0.2, 0.25) is 12.4 Å². The molecule has 0 aliphatic carbocycles. The summed E-state index contributed by atoms with van der Waals surface area (Å²) in [5.41, 5.74) is 0. The molecule has 1 aliphatic rings. The van der Waals surface area contributed by atoms with Crippen LogP contribution in [-0.2, 0) is 42.9 Å². The van der Waals surface area contributed by atoms with E-state index >= 15 is 0 Å². The Bertz CT molecular complexity index is 506. The van der Waals surface area contributed by atoms with Crippen molar-refractivity contribution in [2.24, 2.45) is 0 Å². The number of halogens is 1. The lowest BCUT2D eigenvalue weighted by atomic mass is 10.0. The second kappa shape index (κ2) is 8.97. The number of ether oxygens (including phenoxy) is 5. The third-order valence-electron chi connectivity index (χ3n) is 2.88. The fraction of sp³-hybridized carbons (Fsp3) is 0.714. The fourth-order valence-electron chi connectivity index (χ4n) is 2.03. The largest absolute Gasteiger partial charge is 0.455 e. The van der Waals surface area contributed by atoms with Crippen molar-refractivity contribution in [3.8, 4) is 0 Å². The quantitative estimate of drug-likeness (QED) is 0.368. The first kappa shape index (κ1) is 20.4. The molecule has 136 valence electrons. The molecule has 1 saturated heterocycles. The molecule has 10 heteroatoms. The summed E-state index contributed by atoms with van der Waals surface area (Å²) >= 11 is 3.14. The minimum absolute atomic E-state index is 0.0607. The van der Waals surface area contributed by atoms with Gasteiger partial charge in [-0.05, 0) is 0 Å². The Kier molecular flexibility index (Phi) is 7.61. The van der Waals surface area contributed by atoms with Gasteiger partial charge in [-0.3, -0.25) is 19.2 Å². The van der Waals surface area contributed by atoms with Gasteiger partial charge >= 0.3 is 23.9 Å². The Morgan fingerprint density at radius 1 is 0.833 bits per heavy atom. The van der Waals surface area contributed by atoms with Crippen molar-refractivity contribution in [3.63, 3.8) is 0 Å². The second-order valence-corrected chi connectivity index (χ2v) is 5.82. The molecule has 0 aromatic heterocycles. The average Bonchev–Trinajstić information content (AvgIpc) is 2.45. The molecule has 9 nitrogen and oxygen atoms in total. The molecule has 0 aromatic carbocycles. The molecule has 1 aliphatic heterocycles. The highest BCUT2D eigenvalue weighted by Crippen LogP contribution is 2.32. The lowest BCUT2D eigenvalue weighted by molar-refractivity contribution is -0.280. The highest BCUT2D eigenvalue weighted by molar-refractivity contribution is 9.09. The van der Waals surface area contributed by atoms with Gasteiger partial charge in [-0.25, -0.2) is 0 Å². The van der Waals surface area contributed by atoms with Gasteiger partial charge < -0.3 is 23.7 Å². The van der Waals surface area contributed by atoms with E-state index < -0.39 is 53.5 Å². The zero-order valence-corrected chi connectivity index (χ0v) is 15.2. The molecule has 1 fully saturated rings. The number of carbonyl (C=O) groups excluding carboxylic acids is 4. The Morgan fingerprint density at radius 3 is 1.75 bits per heavy atom. The number of hydrogen-bond donors (Lipinski definition) is 0. The Labute approximate surface area is 147 Å². The molecule has 0 spiro atoms.